The summed E-state index contributed by atoms with van der Waals surface area (Å²) in [5.74, 6) is 1.75. The first-order chi connectivity index (χ1) is 13.3. The van der Waals surface area contributed by atoms with Crippen molar-refractivity contribution in [3.8, 4) is 5.69 Å². The molecule has 3 aromatic rings. The maximum Gasteiger partial charge on any atom is 0.196 e. The average Bonchev–Trinajstić information content (AvgIpc) is 3.10. The van der Waals surface area contributed by atoms with E-state index >= 15 is 0 Å². The van der Waals surface area contributed by atoms with E-state index < -0.39 is 0 Å². The molecule has 0 unspecified atom stereocenters. The Morgan fingerprint density at radius 2 is 1.81 bits per heavy atom. The average molecular weight is 401 g/mol. The van der Waals surface area contributed by atoms with Crippen LogP contribution in [0.25, 0.3) is 5.69 Å². The molecule has 1 aliphatic heterocycles. The molecule has 1 aliphatic rings. The second-order valence-corrected chi connectivity index (χ2v) is 7.76. The maximum atomic E-state index is 6.11. The largest absolute Gasteiger partial charge is 0.379 e. The van der Waals surface area contributed by atoms with Crippen molar-refractivity contribution in [3.63, 3.8) is 0 Å². The maximum absolute atomic E-state index is 6.11. The van der Waals surface area contributed by atoms with E-state index in [2.05, 4.69) is 37.9 Å². The van der Waals surface area contributed by atoms with Gasteiger partial charge in [0, 0.05) is 29.6 Å². The summed E-state index contributed by atoms with van der Waals surface area (Å²) < 4.78 is 7.61. The van der Waals surface area contributed by atoms with Gasteiger partial charge in [-0.3, -0.25) is 9.47 Å². The second-order valence-electron chi connectivity index (χ2n) is 6.38. The van der Waals surface area contributed by atoms with Crippen LogP contribution in [0.3, 0.4) is 0 Å². The van der Waals surface area contributed by atoms with Crippen LogP contribution in [-0.4, -0.2) is 46.0 Å². The number of nitrogens with zero attached hydrogens (tertiary/aromatic N) is 4. The molecule has 0 bridgehead atoms. The Balaban J connectivity index is 1.58. The Bertz CT molecular complexity index is 881. The fraction of sp³-hybridized carbons (Fsp3) is 0.300. The van der Waals surface area contributed by atoms with Gasteiger partial charge in [0.25, 0.3) is 0 Å². The van der Waals surface area contributed by atoms with E-state index in [-0.39, 0.29) is 0 Å². The molecule has 2 aromatic carbocycles. The number of aromatic nitrogens is 3. The Morgan fingerprint density at radius 1 is 1.00 bits per heavy atom. The smallest absolute Gasteiger partial charge is 0.196 e. The van der Waals surface area contributed by atoms with Crippen molar-refractivity contribution >= 4 is 23.4 Å². The molecule has 1 aromatic heterocycles. The van der Waals surface area contributed by atoms with Crippen molar-refractivity contribution in [2.24, 2.45) is 0 Å². The van der Waals surface area contributed by atoms with Crippen molar-refractivity contribution in [1.29, 1.82) is 0 Å². The SMILES string of the molecule is Clc1cccc(CSc2nnc(CN3CCOCC3)n2-c2ccccc2)c1. The number of hydrogen-bond acceptors (Lipinski definition) is 5. The number of morpholine rings is 1. The van der Waals surface area contributed by atoms with Crippen LogP contribution in [-0.2, 0) is 17.0 Å². The summed E-state index contributed by atoms with van der Waals surface area (Å²) in [6, 6.07) is 18.2. The number of hydrogen-bond donors (Lipinski definition) is 0. The van der Waals surface area contributed by atoms with Gasteiger partial charge in [0.15, 0.2) is 11.0 Å². The molecule has 4 rings (SSSR count). The molecule has 1 saturated heterocycles. The zero-order valence-electron chi connectivity index (χ0n) is 14.9. The van der Waals surface area contributed by atoms with Gasteiger partial charge in [-0.15, -0.1) is 10.2 Å². The lowest BCUT2D eigenvalue weighted by atomic mass is 10.2. The van der Waals surface area contributed by atoms with Crippen LogP contribution in [0, 0.1) is 0 Å². The van der Waals surface area contributed by atoms with Gasteiger partial charge in [0.2, 0.25) is 0 Å². The van der Waals surface area contributed by atoms with Gasteiger partial charge in [-0.1, -0.05) is 53.7 Å². The summed E-state index contributed by atoms with van der Waals surface area (Å²) in [6.45, 7) is 4.16. The number of halogens is 1. The van der Waals surface area contributed by atoms with Crippen molar-refractivity contribution in [2.45, 2.75) is 17.5 Å². The van der Waals surface area contributed by atoms with E-state index in [0.717, 1.165) is 60.3 Å². The van der Waals surface area contributed by atoms with Gasteiger partial charge >= 0.3 is 0 Å². The number of rotatable bonds is 6. The predicted molar refractivity (Wildman–Crippen MR) is 108 cm³/mol. The van der Waals surface area contributed by atoms with Gasteiger partial charge in [0.05, 0.1) is 19.8 Å². The minimum Gasteiger partial charge on any atom is -0.379 e. The first kappa shape index (κ1) is 18.5. The highest BCUT2D eigenvalue weighted by atomic mass is 35.5. The molecule has 7 heteroatoms. The lowest BCUT2D eigenvalue weighted by molar-refractivity contribution is 0.0328. The Morgan fingerprint density at radius 3 is 2.59 bits per heavy atom. The first-order valence-electron chi connectivity index (χ1n) is 8.97. The molecule has 5 nitrogen and oxygen atoms in total. The quantitative estimate of drug-likeness (QED) is 0.584. The van der Waals surface area contributed by atoms with E-state index in [9.17, 15) is 0 Å². The van der Waals surface area contributed by atoms with E-state index in [1.54, 1.807) is 11.8 Å². The minimum absolute atomic E-state index is 0.755. The van der Waals surface area contributed by atoms with Gasteiger partial charge in [-0.05, 0) is 29.8 Å². The molecule has 0 N–H and O–H groups in total. The number of thioether (sulfide) groups is 1. The fourth-order valence-corrected chi connectivity index (χ4v) is 4.19. The highest BCUT2D eigenvalue weighted by Crippen LogP contribution is 2.26. The Labute approximate surface area is 168 Å². The third-order valence-electron chi connectivity index (χ3n) is 4.44. The van der Waals surface area contributed by atoms with Gasteiger partial charge in [-0.25, -0.2) is 0 Å². The third kappa shape index (κ3) is 4.71. The molecular formula is C20H21ClN4OS. The summed E-state index contributed by atoms with van der Waals surface area (Å²) >= 11 is 7.78. The highest BCUT2D eigenvalue weighted by Gasteiger charge is 2.19. The molecule has 0 saturated carbocycles. The normalized spacial score (nSPS) is 15.1. The van der Waals surface area contributed by atoms with E-state index in [4.69, 9.17) is 16.3 Å². The van der Waals surface area contributed by atoms with E-state index in [0.29, 0.717) is 0 Å². The van der Waals surface area contributed by atoms with Crippen LogP contribution in [0.5, 0.6) is 0 Å². The standard InChI is InChI=1S/C20H21ClN4OS/c21-17-6-4-5-16(13-17)15-27-20-23-22-19(14-24-9-11-26-12-10-24)25(20)18-7-2-1-3-8-18/h1-8,13H,9-12,14-15H2. The zero-order chi connectivity index (χ0) is 18.5. The van der Waals surface area contributed by atoms with Crippen LogP contribution in [0.15, 0.2) is 59.8 Å². The monoisotopic (exact) mass is 400 g/mol. The molecule has 0 atom stereocenters. The van der Waals surface area contributed by atoms with Crippen LogP contribution >= 0.6 is 23.4 Å². The van der Waals surface area contributed by atoms with Crippen LogP contribution < -0.4 is 0 Å². The Kier molecular flexibility index (Phi) is 6.09. The minimum atomic E-state index is 0.755. The predicted octanol–water partition coefficient (Wildman–Crippen LogP) is 4.05. The first-order valence-corrected chi connectivity index (χ1v) is 10.3. The van der Waals surface area contributed by atoms with Crippen molar-refractivity contribution < 1.29 is 4.74 Å². The molecule has 0 aliphatic carbocycles. The molecule has 0 amide bonds. The van der Waals surface area contributed by atoms with Crippen LogP contribution in [0.4, 0.5) is 0 Å². The third-order valence-corrected chi connectivity index (χ3v) is 5.68. The van der Waals surface area contributed by atoms with E-state index in [1.165, 1.54) is 5.56 Å². The lowest BCUT2D eigenvalue weighted by Gasteiger charge is -2.26. The fourth-order valence-electron chi connectivity index (χ4n) is 3.07. The van der Waals surface area contributed by atoms with E-state index in [1.807, 2.05) is 36.4 Å². The number of benzene rings is 2. The van der Waals surface area contributed by atoms with Gasteiger partial charge in [0.1, 0.15) is 0 Å². The van der Waals surface area contributed by atoms with Gasteiger partial charge in [-0.2, -0.15) is 0 Å². The lowest BCUT2D eigenvalue weighted by Crippen LogP contribution is -2.36. The number of ether oxygens (including phenoxy) is 1. The molecule has 140 valence electrons. The molecule has 1 fully saturated rings. The summed E-state index contributed by atoms with van der Waals surface area (Å²) in [5, 5.41) is 10.6. The van der Waals surface area contributed by atoms with Crippen molar-refractivity contribution in [2.75, 3.05) is 26.3 Å². The molecule has 0 radical (unpaired) electrons. The highest BCUT2D eigenvalue weighted by molar-refractivity contribution is 7.98. The topological polar surface area (TPSA) is 43.2 Å². The van der Waals surface area contributed by atoms with Crippen LogP contribution in [0.2, 0.25) is 5.02 Å². The Hall–Kier alpha value is -1.86. The summed E-state index contributed by atoms with van der Waals surface area (Å²) in [6.07, 6.45) is 0. The van der Waals surface area contributed by atoms with Gasteiger partial charge < -0.3 is 4.74 Å². The molecule has 0 spiro atoms. The van der Waals surface area contributed by atoms with Crippen LogP contribution in [0.1, 0.15) is 11.4 Å². The summed E-state index contributed by atoms with van der Waals surface area (Å²) in [7, 11) is 0. The van der Waals surface area contributed by atoms with Crippen molar-refractivity contribution in [1.82, 2.24) is 19.7 Å². The number of para-hydroxylation sites is 1. The second kappa shape index (κ2) is 8.89. The molecule has 2 heterocycles. The molecular weight excluding hydrogens is 380 g/mol. The summed E-state index contributed by atoms with van der Waals surface area (Å²) in [4.78, 5) is 2.36. The summed E-state index contributed by atoms with van der Waals surface area (Å²) in [5.41, 5.74) is 2.25. The molecule has 27 heavy (non-hydrogen) atoms. The zero-order valence-corrected chi connectivity index (χ0v) is 16.5. The van der Waals surface area contributed by atoms with Crippen molar-refractivity contribution in [3.05, 3.63) is 71.0 Å².